The van der Waals surface area contributed by atoms with Crippen molar-refractivity contribution in [3.63, 3.8) is 0 Å². The Hall–Kier alpha value is -1.46. The van der Waals surface area contributed by atoms with Gasteiger partial charge in [-0.2, -0.15) is 0 Å². The zero-order valence-corrected chi connectivity index (χ0v) is 11.0. The number of rotatable bonds is 6. The molecular weight excluding hydrogens is 258 g/mol. The second-order valence-corrected chi connectivity index (χ2v) is 4.17. The van der Waals surface area contributed by atoms with Gasteiger partial charge in [0.1, 0.15) is 0 Å². The highest BCUT2D eigenvalue weighted by Gasteiger charge is 2.16. The maximum atomic E-state index is 10.5. The van der Waals surface area contributed by atoms with Gasteiger partial charge in [-0.25, -0.2) is 0 Å². The number of hydrogen-bond donors (Lipinski definition) is 2. The Labute approximate surface area is 110 Å². The van der Waals surface area contributed by atoms with Gasteiger partial charge in [-0.3, -0.25) is 4.79 Å². The molecule has 0 aliphatic rings. The summed E-state index contributed by atoms with van der Waals surface area (Å²) in [5.41, 5.74) is 6.56. The molecule has 0 saturated heterocycles. The third-order valence-corrected chi connectivity index (χ3v) is 2.90. The van der Waals surface area contributed by atoms with Crippen molar-refractivity contribution >= 4 is 17.6 Å². The van der Waals surface area contributed by atoms with Crippen LogP contribution < -0.4 is 15.2 Å². The highest BCUT2D eigenvalue weighted by atomic mass is 35.5. The molecule has 1 aromatic carbocycles. The number of carbonyl (C=O) groups is 1. The van der Waals surface area contributed by atoms with E-state index in [2.05, 4.69) is 0 Å². The minimum atomic E-state index is -0.887. The first-order valence-corrected chi connectivity index (χ1v) is 5.76. The van der Waals surface area contributed by atoms with Crippen LogP contribution in [-0.2, 0) is 4.79 Å². The summed E-state index contributed by atoms with van der Waals surface area (Å²) in [6.07, 6.45) is 0.302. The van der Waals surface area contributed by atoms with E-state index in [4.69, 9.17) is 31.9 Å². The van der Waals surface area contributed by atoms with E-state index in [1.165, 1.54) is 14.2 Å². The van der Waals surface area contributed by atoms with Crippen LogP contribution in [0.4, 0.5) is 0 Å². The topological polar surface area (TPSA) is 81.8 Å². The van der Waals surface area contributed by atoms with Gasteiger partial charge in [-0.05, 0) is 18.1 Å². The Kier molecular flexibility index (Phi) is 5.25. The van der Waals surface area contributed by atoms with E-state index in [0.717, 1.165) is 0 Å². The third-order valence-electron chi connectivity index (χ3n) is 2.57. The highest BCUT2D eigenvalue weighted by molar-refractivity contribution is 6.31. The quantitative estimate of drug-likeness (QED) is 0.830. The van der Waals surface area contributed by atoms with Crippen molar-refractivity contribution in [2.45, 2.75) is 18.9 Å². The number of carboxylic acids is 1. The van der Waals surface area contributed by atoms with Gasteiger partial charge in [-0.1, -0.05) is 11.6 Å². The van der Waals surface area contributed by atoms with Crippen LogP contribution in [-0.4, -0.2) is 25.3 Å². The number of halogens is 1. The molecule has 100 valence electrons. The lowest BCUT2D eigenvalue weighted by Gasteiger charge is -2.16. The monoisotopic (exact) mass is 273 g/mol. The number of aliphatic carboxylic acids is 1. The zero-order chi connectivity index (χ0) is 13.7. The molecule has 6 heteroatoms. The lowest BCUT2D eigenvalue weighted by molar-refractivity contribution is -0.137. The lowest BCUT2D eigenvalue weighted by atomic mass is 10.0. The average Bonchev–Trinajstić information content (AvgIpc) is 2.35. The second-order valence-electron chi connectivity index (χ2n) is 3.77. The predicted molar refractivity (Wildman–Crippen MR) is 68.4 cm³/mol. The molecule has 1 aromatic rings. The molecule has 0 saturated carbocycles. The average molecular weight is 274 g/mol. The van der Waals surface area contributed by atoms with E-state index < -0.39 is 12.0 Å². The molecule has 18 heavy (non-hydrogen) atoms. The summed E-state index contributed by atoms with van der Waals surface area (Å²) < 4.78 is 10.3. The molecule has 0 aliphatic carbocycles. The van der Waals surface area contributed by atoms with E-state index in [1.807, 2.05) is 0 Å². The summed E-state index contributed by atoms with van der Waals surface area (Å²) in [4.78, 5) is 10.5. The van der Waals surface area contributed by atoms with Gasteiger partial charge in [0, 0.05) is 23.6 Å². The van der Waals surface area contributed by atoms with Gasteiger partial charge in [0.15, 0.2) is 11.5 Å². The molecule has 0 heterocycles. The first-order valence-electron chi connectivity index (χ1n) is 5.38. The molecule has 1 unspecified atom stereocenters. The van der Waals surface area contributed by atoms with Crippen molar-refractivity contribution in [1.82, 2.24) is 0 Å². The molecule has 0 radical (unpaired) electrons. The van der Waals surface area contributed by atoms with Gasteiger partial charge in [0.2, 0.25) is 0 Å². The Morgan fingerprint density at radius 2 is 1.94 bits per heavy atom. The molecular formula is C12H16ClNO4. The molecule has 0 amide bonds. The van der Waals surface area contributed by atoms with Crippen molar-refractivity contribution in [2.24, 2.45) is 5.73 Å². The Bertz CT molecular complexity index is 436. The van der Waals surface area contributed by atoms with E-state index in [1.54, 1.807) is 12.1 Å². The third kappa shape index (κ3) is 3.51. The number of methoxy groups -OCH3 is 2. The molecule has 5 nitrogen and oxygen atoms in total. The number of carboxylic acid groups (broad SMARTS) is 1. The first-order chi connectivity index (χ1) is 8.49. The van der Waals surface area contributed by atoms with Crippen molar-refractivity contribution in [1.29, 1.82) is 0 Å². The van der Waals surface area contributed by atoms with E-state index >= 15 is 0 Å². The van der Waals surface area contributed by atoms with Crippen LogP contribution in [0, 0.1) is 0 Å². The van der Waals surface area contributed by atoms with E-state index in [-0.39, 0.29) is 6.42 Å². The van der Waals surface area contributed by atoms with Crippen LogP contribution in [0.5, 0.6) is 11.5 Å². The van der Waals surface area contributed by atoms with Crippen LogP contribution in [0.25, 0.3) is 0 Å². The van der Waals surface area contributed by atoms with Crippen LogP contribution in [0.2, 0.25) is 5.02 Å². The van der Waals surface area contributed by atoms with E-state index in [0.29, 0.717) is 28.5 Å². The van der Waals surface area contributed by atoms with Gasteiger partial charge in [-0.15, -0.1) is 0 Å². The van der Waals surface area contributed by atoms with Gasteiger partial charge in [0.05, 0.1) is 14.2 Å². The van der Waals surface area contributed by atoms with Gasteiger partial charge < -0.3 is 20.3 Å². The Morgan fingerprint density at radius 3 is 2.44 bits per heavy atom. The van der Waals surface area contributed by atoms with Crippen molar-refractivity contribution < 1.29 is 19.4 Å². The number of ether oxygens (including phenoxy) is 2. The smallest absolute Gasteiger partial charge is 0.303 e. The number of benzene rings is 1. The number of nitrogens with two attached hydrogens (primary N) is 1. The molecule has 3 N–H and O–H groups in total. The fourth-order valence-corrected chi connectivity index (χ4v) is 1.88. The Balaban J connectivity index is 2.97. The summed E-state index contributed by atoms with van der Waals surface area (Å²) in [5.74, 6) is 0.140. The zero-order valence-electron chi connectivity index (χ0n) is 10.3. The highest BCUT2D eigenvalue weighted by Crippen LogP contribution is 2.36. The van der Waals surface area contributed by atoms with Crippen LogP contribution in [0.3, 0.4) is 0 Å². The largest absolute Gasteiger partial charge is 0.493 e. The van der Waals surface area contributed by atoms with Crippen LogP contribution in [0.1, 0.15) is 24.4 Å². The fraction of sp³-hybridized carbons (Fsp3) is 0.417. The summed E-state index contributed by atoms with van der Waals surface area (Å²) in [5, 5.41) is 9.06. The predicted octanol–water partition coefficient (Wildman–Crippen LogP) is 2.22. The summed E-state index contributed by atoms with van der Waals surface area (Å²) in [7, 11) is 3.02. The molecule has 1 rings (SSSR count). The fourth-order valence-electron chi connectivity index (χ4n) is 1.59. The standard InChI is InChI=1S/C12H16ClNO4/c1-17-10-5-7(8(13)6-11(10)18-2)9(14)3-4-12(15)16/h5-6,9H,3-4,14H2,1-2H3,(H,15,16). The maximum absolute atomic E-state index is 10.5. The first kappa shape index (κ1) is 14.6. The molecule has 0 aromatic heterocycles. The van der Waals surface area contributed by atoms with Crippen LogP contribution >= 0.6 is 11.6 Å². The summed E-state index contributed by atoms with van der Waals surface area (Å²) in [6.45, 7) is 0. The molecule has 0 fully saturated rings. The molecule has 0 bridgehead atoms. The summed E-state index contributed by atoms with van der Waals surface area (Å²) in [6, 6.07) is 2.83. The molecule has 0 aliphatic heterocycles. The van der Waals surface area contributed by atoms with Crippen molar-refractivity contribution in [3.8, 4) is 11.5 Å². The Morgan fingerprint density at radius 1 is 1.39 bits per heavy atom. The molecule has 0 spiro atoms. The van der Waals surface area contributed by atoms with E-state index in [9.17, 15) is 4.79 Å². The van der Waals surface area contributed by atoms with Gasteiger partial charge >= 0.3 is 5.97 Å². The van der Waals surface area contributed by atoms with Gasteiger partial charge in [0.25, 0.3) is 0 Å². The summed E-state index contributed by atoms with van der Waals surface area (Å²) >= 11 is 6.08. The SMILES string of the molecule is COc1cc(Cl)c(C(N)CCC(=O)O)cc1OC. The minimum absolute atomic E-state index is 0.00810. The normalized spacial score (nSPS) is 12.0. The van der Waals surface area contributed by atoms with Crippen molar-refractivity contribution in [2.75, 3.05) is 14.2 Å². The van der Waals surface area contributed by atoms with Crippen LogP contribution in [0.15, 0.2) is 12.1 Å². The lowest BCUT2D eigenvalue weighted by Crippen LogP contribution is -2.13. The second kappa shape index (κ2) is 6.47. The minimum Gasteiger partial charge on any atom is -0.493 e. The maximum Gasteiger partial charge on any atom is 0.303 e. The molecule has 1 atom stereocenters. The number of hydrogen-bond acceptors (Lipinski definition) is 4. The van der Waals surface area contributed by atoms with Crippen molar-refractivity contribution in [3.05, 3.63) is 22.7 Å².